The first-order chi connectivity index (χ1) is 5.83. The second-order valence-corrected chi connectivity index (χ2v) is 1.80. The van der Waals surface area contributed by atoms with Crippen LogP contribution < -0.4 is 10.2 Å². The van der Waals surface area contributed by atoms with Gasteiger partial charge in [-0.25, -0.2) is 0 Å². The van der Waals surface area contributed by atoms with E-state index < -0.39 is 0 Å². The van der Waals surface area contributed by atoms with Gasteiger partial charge in [-0.05, 0) is 13.8 Å². The quantitative estimate of drug-likeness (QED) is 0.428. The van der Waals surface area contributed by atoms with E-state index in [9.17, 15) is 10.2 Å². The van der Waals surface area contributed by atoms with Gasteiger partial charge in [0.1, 0.15) is 0 Å². The van der Waals surface area contributed by atoms with Gasteiger partial charge in [-0.15, -0.1) is 13.2 Å². The van der Waals surface area contributed by atoms with Gasteiger partial charge in [0.2, 0.25) is 0 Å². The maximum absolute atomic E-state index is 9.56. The molecule has 0 N–H and O–H groups in total. The van der Waals surface area contributed by atoms with Gasteiger partial charge in [0.05, 0.1) is 0 Å². The molecule has 0 saturated carbocycles. The predicted octanol–water partition coefficient (Wildman–Crippen LogP) is -1.24. The fraction of sp³-hybridized carbons (Fsp3) is 1.00. The van der Waals surface area contributed by atoms with Crippen LogP contribution >= 0.6 is 0 Å². The molecule has 0 aromatic rings. The Kier molecular flexibility index (Phi) is 33.3. The molecule has 0 radical (unpaired) electrons. The number of hydrogen-bond acceptors (Lipinski definition) is 4. The fourth-order valence-electron chi connectivity index (χ4n) is 0.407. The first-order valence-electron chi connectivity index (χ1n) is 4.15. The van der Waals surface area contributed by atoms with Crippen molar-refractivity contribution < 1.29 is 36.2 Å². The van der Waals surface area contributed by atoms with E-state index in [1.165, 1.54) is 0 Å². The van der Waals surface area contributed by atoms with Gasteiger partial charge in [0.15, 0.2) is 0 Å². The van der Waals surface area contributed by atoms with Crippen LogP contribution in [0.4, 0.5) is 0 Å². The minimum atomic E-state index is -0.117. The van der Waals surface area contributed by atoms with E-state index in [-0.39, 0.29) is 29.7 Å². The number of rotatable bonds is 6. The van der Waals surface area contributed by atoms with Gasteiger partial charge in [-0.3, -0.25) is 0 Å². The summed E-state index contributed by atoms with van der Waals surface area (Å²) >= 11 is 0. The molecule has 0 unspecified atom stereocenters. The Hall–Kier alpha value is 0.334. The van der Waals surface area contributed by atoms with Crippen LogP contribution in [0, 0.1) is 0 Å². The standard InChI is InChI=1S/2C4H9O2.Ni/c2*1-2-6-4-3-5;/h2*2-4H2,1H3;/q2*-1;+2. The second-order valence-electron chi connectivity index (χ2n) is 1.80. The topological polar surface area (TPSA) is 64.6 Å². The van der Waals surface area contributed by atoms with E-state index in [4.69, 9.17) is 0 Å². The monoisotopic (exact) mass is 236 g/mol. The van der Waals surface area contributed by atoms with Crippen molar-refractivity contribution in [2.45, 2.75) is 13.8 Å². The molecule has 0 heterocycles. The smallest absolute Gasteiger partial charge is 0.853 e. The molecule has 0 rings (SSSR count). The SMILES string of the molecule is CCOCC[O-].CCOCC[O-].[Ni+2]. The summed E-state index contributed by atoms with van der Waals surface area (Å²) in [5, 5.41) is 19.1. The maximum Gasteiger partial charge on any atom is 2.00 e. The Morgan fingerprint density at radius 2 is 1.15 bits per heavy atom. The van der Waals surface area contributed by atoms with Crippen molar-refractivity contribution in [3.8, 4) is 0 Å². The van der Waals surface area contributed by atoms with Crippen molar-refractivity contribution in [2.75, 3.05) is 39.6 Å². The molecule has 4 nitrogen and oxygen atoms in total. The van der Waals surface area contributed by atoms with Crippen LogP contribution in [0.25, 0.3) is 0 Å². The van der Waals surface area contributed by atoms with Gasteiger partial charge in [-0.1, -0.05) is 0 Å². The minimum Gasteiger partial charge on any atom is -0.853 e. The third-order valence-electron chi connectivity index (χ3n) is 0.864. The summed E-state index contributed by atoms with van der Waals surface area (Å²) in [5.74, 6) is 0. The molecule has 0 saturated heterocycles. The molecule has 0 amide bonds. The summed E-state index contributed by atoms with van der Waals surface area (Å²) < 4.78 is 9.34. The van der Waals surface area contributed by atoms with Gasteiger partial charge < -0.3 is 19.7 Å². The minimum absolute atomic E-state index is 0. The molecule has 0 aromatic carbocycles. The van der Waals surface area contributed by atoms with Crippen LogP contribution in [0.15, 0.2) is 0 Å². The first-order valence-corrected chi connectivity index (χ1v) is 4.15. The zero-order valence-corrected chi connectivity index (χ0v) is 9.18. The molecule has 0 atom stereocenters. The fourth-order valence-corrected chi connectivity index (χ4v) is 0.407. The predicted molar refractivity (Wildman–Crippen MR) is 42.7 cm³/mol. The summed E-state index contributed by atoms with van der Waals surface area (Å²) in [5.41, 5.74) is 0. The van der Waals surface area contributed by atoms with Crippen LogP contribution in [0.1, 0.15) is 13.8 Å². The molecule has 5 heteroatoms. The van der Waals surface area contributed by atoms with E-state index in [2.05, 4.69) is 9.47 Å². The number of ether oxygens (including phenoxy) is 2. The van der Waals surface area contributed by atoms with Crippen LogP contribution in [0.3, 0.4) is 0 Å². The van der Waals surface area contributed by atoms with Crippen molar-refractivity contribution in [3.05, 3.63) is 0 Å². The average molecular weight is 237 g/mol. The van der Waals surface area contributed by atoms with Crippen molar-refractivity contribution in [2.24, 2.45) is 0 Å². The average Bonchev–Trinajstić information content (AvgIpc) is 2.12. The van der Waals surface area contributed by atoms with E-state index >= 15 is 0 Å². The summed E-state index contributed by atoms with van der Waals surface area (Å²) in [6.45, 7) is 5.53. The van der Waals surface area contributed by atoms with Crippen molar-refractivity contribution >= 4 is 0 Å². The Labute approximate surface area is 90.2 Å². The van der Waals surface area contributed by atoms with Crippen molar-refractivity contribution in [1.82, 2.24) is 0 Å². The van der Waals surface area contributed by atoms with E-state index in [0.717, 1.165) is 0 Å². The molecule has 0 aliphatic rings. The Bertz CT molecular complexity index is 48.1. The van der Waals surface area contributed by atoms with E-state index in [0.29, 0.717) is 26.4 Å². The molecule has 84 valence electrons. The van der Waals surface area contributed by atoms with Crippen LogP contribution in [0.2, 0.25) is 0 Å². The van der Waals surface area contributed by atoms with Crippen molar-refractivity contribution in [1.29, 1.82) is 0 Å². The molecule has 0 fully saturated rings. The Morgan fingerprint density at radius 3 is 1.23 bits per heavy atom. The number of hydrogen-bond donors (Lipinski definition) is 0. The summed E-state index contributed by atoms with van der Waals surface area (Å²) in [4.78, 5) is 0. The first kappa shape index (κ1) is 19.0. The zero-order chi connectivity index (χ0) is 9.66. The molecule has 0 aliphatic carbocycles. The zero-order valence-electron chi connectivity index (χ0n) is 8.19. The molecular weight excluding hydrogens is 219 g/mol. The van der Waals surface area contributed by atoms with Gasteiger partial charge in [0, 0.05) is 26.4 Å². The van der Waals surface area contributed by atoms with Crippen LogP contribution in [-0.4, -0.2) is 39.6 Å². The molecular formula is C8H18NiO4. The van der Waals surface area contributed by atoms with Gasteiger partial charge >= 0.3 is 16.5 Å². The summed E-state index contributed by atoms with van der Waals surface area (Å²) in [7, 11) is 0. The second kappa shape index (κ2) is 22.8. The summed E-state index contributed by atoms with van der Waals surface area (Å²) in [6.07, 6.45) is 0. The van der Waals surface area contributed by atoms with E-state index in [1.807, 2.05) is 13.8 Å². The third-order valence-corrected chi connectivity index (χ3v) is 0.864. The molecule has 13 heavy (non-hydrogen) atoms. The van der Waals surface area contributed by atoms with Crippen molar-refractivity contribution in [3.63, 3.8) is 0 Å². The normalized spacial score (nSPS) is 8.31. The Morgan fingerprint density at radius 1 is 0.846 bits per heavy atom. The molecule has 0 bridgehead atoms. The van der Waals surface area contributed by atoms with E-state index in [1.54, 1.807) is 0 Å². The van der Waals surface area contributed by atoms with Crippen LogP contribution in [0.5, 0.6) is 0 Å². The maximum atomic E-state index is 9.56. The molecule has 0 spiro atoms. The molecule has 0 aromatic heterocycles. The van der Waals surface area contributed by atoms with Gasteiger partial charge in [0.25, 0.3) is 0 Å². The third kappa shape index (κ3) is 32.8. The molecule has 0 aliphatic heterocycles. The van der Waals surface area contributed by atoms with Crippen LogP contribution in [-0.2, 0) is 26.0 Å². The van der Waals surface area contributed by atoms with Gasteiger partial charge in [-0.2, -0.15) is 0 Å². The largest absolute Gasteiger partial charge is 2.00 e. The Balaban J connectivity index is -0.000000143. The summed E-state index contributed by atoms with van der Waals surface area (Å²) in [6, 6.07) is 0.